The molecule has 1 amide bonds. The molecular formula is C23H22ClF3N4O3. The van der Waals surface area contributed by atoms with E-state index in [0.717, 1.165) is 4.68 Å². The number of methoxy groups -OCH3 is 1. The highest BCUT2D eigenvalue weighted by atomic mass is 35.5. The fourth-order valence-electron chi connectivity index (χ4n) is 3.82. The molecule has 0 bridgehead atoms. The van der Waals surface area contributed by atoms with E-state index in [1.807, 2.05) is 0 Å². The van der Waals surface area contributed by atoms with Gasteiger partial charge in [0.1, 0.15) is 16.6 Å². The first-order chi connectivity index (χ1) is 16.1. The van der Waals surface area contributed by atoms with Crippen molar-refractivity contribution in [1.82, 2.24) is 9.78 Å². The van der Waals surface area contributed by atoms with Crippen molar-refractivity contribution >= 4 is 29.0 Å². The molecule has 34 heavy (non-hydrogen) atoms. The molecule has 0 saturated carbocycles. The summed E-state index contributed by atoms with van der Waals surface area (Å²) in [6, 6.07) is 10.4. The summed E-state index contributed by atoms with van der Waals surface area (Å²) < 4.78 is 47.7. The van der Waals surface area contributed by atoms with Gasteiger partial charge in [0, 0.05) is 12.1 Å². The Labute approximate surface area is 198 Å². The average molecular weight is 495 g/mol. The zero-order valence-electron chi connectivity index (χ0n) is 18.2. The summed E-state index contributed by atoms with van der Waals surface area (Å²) in [6.07, 6.45) is -5.62. The fraction of sp³-hybridized carbons (Fsp3) is 0.304. The molecule has 0 saturated heterocycles. The van der Waals surface area contributed by atoms with E-state index in [2.05, 4.69) is 15.7 Å². The van der Waals surface area contributed by atoms with E-state index in [4.69, 9.17) is 16.3 Å². The van der Waals surface area contributed by atoms with Crippen molar-refractivity contribution in [2.24, 2.45) is 0 Å². The Balaban J connectivity index is 1.64. The molecule has 7 nitrogen and oxygen atoms in total. The van der Waals surface area contributed by atoms with E-state index < -0.39 is 30.3 Å². The number of carbonyl (C=O) groups excluding carboxylic acids is 1. The van der Waals surface area contributed by atoms with Crippen molar-refractivity contribution in [2.75, 3.05) is 17.7 Å². The normalized spacial score (nSPS) is 18.6. The quantitative estimate of drug-likeness (QED) is 0.435. The molecule has 3 N–H and O–H groups in total. The number of aliphatic hydroxyl groups excluding tert-OH is 1. The third kappa shape index (κ3) is 4.69. The molecule has 1 aliphatic rings. The zero-order chi connectivity index (χ0) is 24.6. The first kappa shape index (κ1) is 23.9. The lowest BCUT2D eigenvalue weighted by molar-refractivity contribution is -0.173. The van der Waals surface area contributed by atoms with Crippen LogP contribution in [0.25, 0.3) is 0 Å². The number of aromatic nitrogens is 2. The Bertz CT molecular complexity index is 1180. The number of aliphatic hydroxyl groups is 1. The van der Waals surface area contributed by atoms with Crippen LogP contribution in [-0.2, 0) is 0 Å². The SMILES string of the molecule is COc1ccc([C@@H]2C[C@H](C(F)(F)F)n3nc(C(=O)Nc4ccc([C@H](C)O)cc4)c(Cl)c3N2)cc1. The molecule has 0 radical (unpaired) electrons. The minimum absolute atomic E-state index is 0.0781. The predicted octanol–water partition coefficient (Wildman–Crippen LogP) is 5.51. The van der Waals surface area contributed by atoms with Crippen molar-refractivity contribution in [3.8, 4) is 5.75 Å². The second-order valence-electron chi connectivity index (χ2n) is 7.97. The lowest BCUT2D eigenvalue weighted by atomic mass is 9.97. The lowest BCUT2D eigenvalue weighted by Crippen LogP contribution is -2.35. The van der Waals surface area contributed by atoms with Gasteiger partial charge in [0.05, 0.1) is 19.3 Å². The van der Waals surface area contributed by atoms with Gasteiger partial charge >= 0.3 is 6.18 Å². The van der Waals surface area contributed by atoms with Crippen LogP contribution in [0.3, 0.4) is 0 Å². The first-order valence-corrected chi connectivity index (χ1v) is 10.8. The molecule has 0 unspecified atom stereocenters. The van der Waals surface area contributed by atoms with Crippen LogP contribution in [0.4, 0.5) is 24.7 Å². The number of benzene rings is 2. The van der Waals surface area contributed by atoms with E-state index in [-0.39, 0.29) is 23.0 Å². The lowest BCUT2D eigenvalue weighted by Gasteiger charge is -2.33. The van der Waals surface area contributed by atoms with Crippen LogP contribution >= 0.6 is 11.6 Å². The van der Waals surface area contributed by atoms with Crippen molar-refractivity contribution in [3.05, 3.63) is 70.4 Å². The number of carbonyl (C=O) groups is 1. The number of alkyl halides is 3. The number of halogens is 4. The number of rotatable bonds is 5. The van der Waals surface area contributed by atoms with Gasteiger partial charge in [-0.05, 0) is 42.3 Å². The Kier molecular flexibility index (Phi) is 6.46. The smallest absolute Gasteiger partial charge is 0.410 e. The maximum atomic E-state index is 13.9. The van der Waals surface area contributed by atoms with Crippen molar-refractivity contribution in [3.63, 3.8) is 0 Å². The average Bonchev–Trinajstić information content (AvgIpc) is 3.14. The van der Waals surface area contributed by atoms with Gasteiger partial charge in [-0.25, -0.2) is 4.68 Å². The van der Waals surface area contributed by atoms with Gasteiger partial charge < -0.3 is 20.5 Å². The highest BCUT2D eigenvalue weighted by molar-refractivity contribution is 6.36. The number of hydrogen-bond donors (Lipinski definition) is 3. The van der Waals surface area contributed by atoms with Gasteiger partial charge in [-0.2, -0.15) is 18.3 Å². The Morgan fingerprint density at radius 1 is 1.24 bits per heavy atom. The molecule has 0 aliphatic carbocycles. The summed E-state index contributed by atoms with van der Waals surface area (Å²) in [7, 11) is 1.50. The number of nitrogens with one attached hydrogen (secondary N) is 2. The number of amides is 1. The van der Waals surface area contributed by atoms with Crippen LogP contribution < -0.4 is 15.4 Å². The summed E-state index contributed by atoms with van der Waals surface area (Å²) in [6.45, 7) is 1.60. The molecule has 0 spiro atoms. The maximum absolute atomic E-state index is 13.9. The summed E-state index contributed by atoms with van der Waals surface area (Å²) in [5.41, 5.74) is 1.32. The van der Waals surface area contributed by atoms with Crippen LogP contribution in [0.2, 0.25) is 5.02 Å². The summed E-state index contributed by atoms with van der Waals surface area (Å²) >= 11 is 6.36. The number of hydrogen-bond acceptors (Lipinski definition) is 5. The number of ether oxygens (including phenoxy) is 1. The largest absolute Gasteiger partial charge is 0.497 e. The predicted molar refractivity (Wildman–Crippen MR) is 121 cm³/mol. The van der Waals surface area contributed by atoms with Crippen molar-refractivity contribution in [1.29, 1.82) is 0 Å². The van der Waals surface area contributed by atoms with Crippen LogP contribution in [-0.4, -0.2) is 34.1 Å². The molecular weight excluding hydrogens is 473 g/mol. The Morgan fingerprint density at radius 2 is 1.88 bits per heavy atom. The molecule has 180 valence electrons. The number of nitrogens with zero attached hydrogens (tertiary/aromatic N) is 2. The van der Waals surface area contributed by atoms with Crippen LogP contribution in [0, 0.1) is 0 Å². The summed E-state index contributed by atoms with van der Waals surface area (Å²) in [4.78, 5) is 12.8. The van der Waals surface area contributed by atoms with Crippen molar-refractivity contribution in [2.45, 2.75) is 37.7 Å². The Hall–Kier alpha value is -3.24. The zero-order valence-corrected chi connectivity index (χ0v) is 19.0. The standard InChI is InChI=1S/C23H22ClF3N4O3/c1-12(32)13-3-7-15(8-4-13)28-22(33)20-19(24)21-29-17(14-5-9-16(34-2)10-6-14)11-18(23(25,26)27)31(21)30-20/h3-10,12,17-18,29,32H,11H2,1-2H3,(H,28,33)/t12-,17-,18+/m0/s1. The van der Waals surface area contributed by atoms with E-state index in [9.17, 15) is 23.1 Å². The van der Waals surface area contributed by atoms with E-state index >= 15 is 0 Å². The van der Waals surface area contributed by atoms with E-state index in [1.54, 1.807) is 55.5 Å². The van der Waals surface area contributed by atoms with Gasteiger partial charge in [-0.1, -0.05) is 35.9 Å². The highest BCUT2D eigenvalue weighted by Gasteiger charge is 2.47. The number of fused-ring (bicyclic) bond motifs is 1. The van der Waals surface area contributed by atoms with Gasteiger partial charge in [-0.3, -0.25) is 4.79 Å². The monoisotopic (exact) mass is 494 g/mol. The third-order valence-electron chi connectivity index (χ3n) is 5.68. The van der Waals surface area contributed by atoms with Gasteiger partial charge in [0.15, 0.2) is 11.7 Å². The highest BCUT2D eigenvalue weighted by Crippen LogP contribution is 2.46. The third-order valence-corrected chi connectivity index (χ3v) is 6.04. The summed E-state index contributed by atoms with van der Waals surface area (Å²) in [5.74, 6) is -0.249. The molecule has 0 fully saturated rings. The molecule has 4 rings (SSSR count). The van der Waals surface area contributed by atoms with Crippen molar-refractivity contribution < 1.29 is 27.8 Å². The maximum Gasteiger partial charge on any atom is 0.410 e. The minimum Gasteiger partial charge on any atom is -0.497 e. The van der Waals surface area contributed by atoms with E-state index in [0.29, 0.717) is 22.6 Å². The second-order valence-corrected chi connectivity index (χ2v) is 8.35. The molecule has 11 heteroatoms. The molecule has 2 aromatic carbocycles. The molecule has 2 heterocycles. The van der Waals surface area contributed by atoms with Crippen LogP contribution in [0.15, 0.2) is 48.5 Å². The van der Waals surface area contributed by atoms with Gasteiger partial charge in [0.2, 0.25) is 0 Å². The molecule has 1 aromatic heterocycles. The number of anilines is 2. The van der Waals surface area contributed by atoms with E-state index in [1.165, 1.54) is 7.11 Å². The van der Waals surface area contributed by atoms with Gasteiger partial charge in [0.25, 0.3) is 5.91 Å². The van der Waals surface area contributed by atoms with Gasteiger partial charge in [-0.15, -0.1) is 0 Å². The fourth-order valence-corrected chi connectivity index (χ4v) is 4.09. The molecule has 3 atom stereocenters. The first-order valence-electron chi connectivity index (χ1n) is 10.4. The Morgan fingerprint density at radius 3 is 2.44 bits per heavy atom. The summed E-state index contributed by atoms with van der Waals surface area (Å²) in [5, 5.41) is 18.9. The molecule has 3 aromatic rings. The topological polar surface area (TPSA) is 88.4 Å². The molecule has 1 aliphatic heterocycles. The minimum atomic E-state index is -4.61. The second kappa shape index (κ2) is 9.19. The van der Waals surface area contributed by atoms with Crippen LogP contribution in [0.1, 0.15) is 53.1 Å². The van der Waals surface area contributed by atoms with Crippen LogP contribution in [0.5, 0.6) is 5.75 Å².